The predicted octanol–water partition coefficient (Wildman–Crippen LogP) is 9.27. The van der Waals surface area contributed by atoms with Crippen LogP contribution in [-0.4, -0.2) is 64.9 Å². The highest BCUT2D eigenvalue weighted by molar-refractivity contribution is 5.96. The van der Waals surface area contributed by atoms with E-state index in [1.807, 2.05) is 48.5 Å². The first-order valence-electron chi connectivity index (χ1n) is 19.0. The molecule has 0 heterocycles. The highest BCUT2D eigenvalue weighted by Gasteiger charge is 2.47. The van der Waals surface area contributed by atoms with Crippen LogP contribution in [0.1, 0.15) is 47.9 Å². The molecule has 1 aliphatic rings. The van der Waals surface area contributed by atoms with Crippen molar-refractivity contribution in [2.45, 2.75) is 31.1 Å². The monoisotopic (exact) mass is 800 g/mol. The Bertz CT molecular complexity index is 2240. The van der Waals surface area contributed by atoms with Gasteiger partial charge in [0.05, 0.1) is 46.1 Å². The molecule has 0 atom stereocenters. The van der Waals surface area contributed by atoms with E-state index in [9.17, 15) is 19.2 Å². The molecule has 12 nitrogen and oxygen atoms in total. The number of methoxy groups -OCH3 is 2. The number of fused-ring (bicyclic) bond motifs is 4. The lowest BCUT2D eigenvalue weighted by molar-refractivity contribution is -0.138. The standard InChI is InChI=1S/C47H44O12/c1-5-43(48)54-23-9-11-25-56-45(50)58-35-19-15-33(16-20-35)47(34-17-21-36(22-18-34)59-46(51)57-26-12-10-24-55-44(49)6-2)39-28-32-14-8-7-13-31(32)27-37(39)38-29-41(52-3)42(53-4)30-40(38)47/h5-8,13-22,27-30H,1-2,9-12,23-26H2,3-4H3. The minimum Gasteiger partial charge on any atom is -0.493 e. The number of carbonyl (C=O) groups is 4. The van der Waals surface area contributed by atoms with Gasteiger partial charge in [-0.1, -0.05) is 61.7 Å². The lowest BCUT2D eigenvalue weighted by atomic mass is 9.67. The van der Waals surface area contributed by atoms with Gasteiger partial charge in [-0.15, -0.1) is 0 Å². The zero-order valence-corrected chi connectivity index (χ0v) is 32.9. The Morgan fingerprint density at radius 2 is 0.932 bits per heavy atom. The highest BCUT2D eigenvalue weighted by Crippen LogP contribution is 2.59. The lowest BCUT2D eigenvalue weighted by Gasteiger charge is -2.34. The first kappa shape index (κ1) is 41.6. The van der Waals surface area contributed by atoms with Crippen LogP contribution in [0, 0.1) is 0 Å². The van der Waals surface area contributed by atoms with Crippen molar-refractivity contribution in [1.82, 2.24) is 0 Å². The average molecular weight is 801 g/mol. The molecule has 0 radical (unpaired) electrons. The molecule has 0 spiro atoms. The van der Waals surface area contributed by atoms with Crippen LogP contribution >= 0.6 is 0 Å². The van der Waals surface area contributed by atoms with Gasteiger partial charge in [-0.3, -0.25) is 0 Å². The van der Waals surface area contributed by atoms with E-state index in [1.165, 1.54) is 0 Å². The number of ether oxygens (including phenoxy) is 8. The normalized spacial score (nSPS) is 12.0. The maximum atomic E-state index is 12.6. The fraction of sp³-hybridized carbons (Fsp3) is 0.234. The Labute approximate surface area is 341 Å². The van der Waals surface area contributed by atoms with Crippen molar-refractivity contribution >= 4 is 35.0 Å². The summed E-state index contributed by atoms with van der Waals surface area (Å²) < 4.78 is 43.1. The van der Waals surface area contributed by atoms with E-state index in [0.717, 1.165) is 56.3 Å². The first-order valence-corrected chi connectivity index (χ1v) is 19.0. The van der Waals surface area contributed by atoms with Gasteiger partial charge in [-0.2, -0.15) is 0 Å². The summed E-state index contributed by atoms with van der Waals surface area (Å²) >= 11 is 0. The molecular weight excluding hydrogens is 757 g/mol. The number of esters is 2. The van der Waals surface area contributed by atoms with Crippen molar-refractivity contribution in [2.24, 2.45) is 0 Å². The second-order valence-corrected chi connectivity index (χ2v) is 13.4. The molecule has 0 saturated heterocycles. The zero-order valence-electron chi connectivity index (χ0n) is 32.9. The minimum absolute atomic E-state index is 0.0882. The maximum absolute atomic E-state index is 12.6. The van der Waals surface area contributed by atoms with Gasteiger partial charge in [-0.25, -0.2) is 19.2 Å². The molecular formula is C47H44O12. The lowest BCUT2D eigenvalue weighted by Crippen LogP contribution is -2.28. The molecule has 0 fully saturated rings. The molecule has 0 saturated carbocycles. The van der Waals surface area contributed by atoms with Crippen LogP contribution in [0.3, 0.4) is 0 Å². The summed E-state index contributed by atoms with van der Waals surface area (Å²) in [5.74, 6) is 0.645. The molecule has 0 N–H and O–H groups in total. The molecule has 12 heteroatoms. The summed E-state index contributed by atoms with van der Waals surface area (Å²) in [4.78, 5) is 47.7. The fourth-order valence-electron chi connectivity index (χ4n) is 7.10. The quantitative estimate of drug-likeness (QED) is 0.0269. The molecule has 6 rings (SSSR count). The summed E-state index contributed by atoms with van der Waals surface area (Å²) in [5.41, 5.74) is 4.58. The van der Waals surface area contributed by atoms with Crippen LogP contribution < -0.4 is 18.9 Å². The van der Waals surface area contributed by atoms with Gasteiger partial charge in [-0.05, 0) is 118 Å². The molecule has 0 unspecified atom stereocenters. The SMILES string of the molecule is C=CC(=O)OCCCCOC(=O)Oc1ccc(C2(c3ccc(OC(=O)OCCCCOC(=O)C=C)cc3)c3cc(OC)c(OC)cc3-c3cc4ccccc4cc32)cc1. The molecule has 0 aliphatic heterocycles. The Balaban J connectivity index is 1.32. The van der Waals surface area contributed by atoms with Crippen LogP contribution in [0.15, 0.2) is 122 Å². The molecule has 5 aromatic rings. The summed E-state index contributed by atoms with van der Waals surface area (Å²) in [5, 5.41) is 2.09. The highest BCUT2D eigenvalue weighted by atomic mass is 16.7. The number of hydrogen-bond acceptors (Lipinski definition) is 12. The molecule has 0 aromatic heterocycles. The minimum atomic E-state index is -0.948. The van der Waals surface area contributed by atoms with Crippen LogP contribution in [0.2, 0.25) is 0 Å². The molecule has 0 bridgehead atoms. The van der Waals surface area contributed by atoms with Crippen LogP contribution in [0.4, 0.5) is 9.59 Å². The molecule has 1 aliphatic carbocycles. The van der Waals surface area contributed by atoms with Crippen molar-refractivity contribution in [3.05, 3.63) is 145 Å². The van der Waals surface area contributed by atoms with E-state index in [-0.39, 0.29) is 37.9 Å². The largest absolute Gasteiger partial charge is 0.513 e. The second-order valence-electron chi connectivity index (χ2n) is 13.4. The van der Waals surface area contributed by atoms with Crippen molar-refractivity contribution in [1.29, 1.82) is 0 Å². The Morgan fingerprint density at radius 3 is 1.39 bits per heavy atom. The summed E-state index contributed by atoms with van der Waals surface area (Å²) in [6, 6.07) is 30.9. The third-order valence-corrected chi connectivity index (χ3v) is 9.82. The fourth-order valence-corrected chi connectivity index (χ4v) is 7.10. The van der Waals surface area contributed by atoms with E-state index in [1.54, 1.807) is 38.5 Å². The van der Waals surface area contributed by atoms with E-state index < -0.39 is 29.7 Å². The van der Waals surface area contributed by atoms with Gasteiger partial charge in [0.15, 0.2) is 11.5 Å². The van der Waals surface area contributed by atoms with E-state index in [0.29, 0.717) is 37.2 Å². The number of hydrogen-bond donors (Lipinski definition) is 0. The van der Waals surface area contributed by atoms with Crippen molar-refractivity contribution in [2.75, 3.05) is 40.6 Å². The molecule has 0 amide bonds. The number of unbranched alkanes of at least 4 members (excludes halogenated alkanes) is 2. The van der Waals surface area contributed by atoms with E-state index >= 15 is 0 Å². The van der Waals surface area contributed by atoms with Crippen LogP contribution in [0.5, 0.6) is 23.0 Å². The Kier molecular flexibility index (Phi) is 13.6. The Hall–Kier alpha value is -7.08. The zero-order chi connectivity index (χ0) is 41.8. The van der Waals surface area contributed by atoms with E-state index in [4.69, 9.17) is 37.9 Å². The van der Waals surface area contributed by atoms with Gasteiger partial charge in [0.25, 0.3) is 0 Å². The van der Waals surface area contributed by atoms with Crippen LogP contribution in [0.25, 0.3) is 21.9 Å². The second kappa shape index (κ2) is 19.4. The predicted molar refractivity (Wildman–Crippen MR) is 219 cm³/mol. The van der Waals surface area contributed by atoms with Crippen LogP contribution in [-0.2, 0) is 34.0 Å². The third kappa shape index (κ3) is 9.39. The topological polar surface area (TPSA) is 142 Å². The van der Waals surface area contributed by atoms with Gasteiger partial charge in [0, 0.05) is 12.2 Å². The summed E-state index contributed by atoms with van der Waals surface area (Å²) in [7, 11) is 3.19. The molecule has 5 aromatic carbocycles. The number of carbonyl (C=O) groups excluding carboxylic acids is 4. The van der Waals surface area contributed by atoms with Gasteiger partial charge in [0.1, 0.15) is 11.5 Å². The molecule has 304 valence electrons. The van der Waals surface area contributed by atoms with Crippen molar-refractivity contribution < 1.29 is 57.1 Å². The van der Waals surface area contributed by atoms with Crippen molar-refractivity contribution in [3.8, 4) is 34.1 Å². The smallest absolute Gasteiger partial charge is 0.493 e. The van der Waals surface area contributed by atoms with Crippen molar-refractivity contribution in [3.63, 3.8) is 0 Å². The number of benzene rings is 5. The third-order valence-electron chi connectivity index (χ3n) is 9.82. The molecule has 59 heavy (non-hydrogen) atoms. The van der Waals surface area contributed by atoms with E-state index in [2.05, 4.69) is 37.4 Å². The average Bonchev–Trinajstić information content (AvgIpc) is 3.53. The van der Waals surface area contributed by atoms with Gasteiger partial charge >= 0.3 is 24.2 Å². The van der Waals surface area contributed by atoms with Gasteiger partial charge < -0.3 is 37.9 Å². The van der Waals surface area contributed by atoms with Gasteiger partial charge in [0.2, 0.25) is 0 Å². The summed E-state index contributed by atoms with van der Waals surface area (Å²) in [6.45, 7) is 7.28. The summed E-state index contributed by atoms with van der Waals surface area (Å²) in [6.07, 6.45) is 2.43. The first-order chi connectivity index (χ1) is 28.7. The maximum Gasteiger partial charge on any atom is 0.513 e. The Morgan fingerprint density at radius 1 is 0.525 bits per heavy atom. The number of rotatable bonds is 18.